The molecule has 2 aromatic rings. The summed E-state index contributed by atoms with van der Waals surface area (Å²) in [7, 11) is 0. The fourth-order valence-corrected chi connectivity index (χ4v) is 4.31. The van der Waals surface area contributed by atoms with Crippen molar-refractivity contribution in [2.24, 2.45) is 5.92 Å². The summed E-state index contributed by atoms with van der Waals surface area (Å²) in [5, 5.41) is 14.5. The molecule has 114 valence electrons. The van der Waals surface area contributed by atoms with Crippen molar-refractivity contribution in [2.45, 2.75) is 45.1 Å². The average molecular weight is 305 g/mol. The third-order valence-corrected chi connectivity index (χ3v) is 5.39. The number of nitrogens with one attached hydrogen (secondary N) is 1. The predicted molar refractivity (Wildman–Crippen MR) is 89.8 cm³/mol. The van der Waals surface area contributed by atoms with Gasteiger partial charge in [-0.05, 0) is 37.8 Å². The Morgan fingerprint density at radius 3 is 3.05 bits per heavy atom. The normalized spacial score (nSPS) is 26.1. The standard InChI is InChI=1S/C16H23N3OS/c1-10-4-3-5-16(8-10,9-20)19-13-7-14-15(6-12(13)17)21-11(2)18-14/h6-7,10,19-20H,3-5,8-9,17H2,1-2H3. The first-order chi connectivity index (χ1) is 10.0. The Hall–Kier alpha value is -1.33. The van der Waals surface area contributed by atoms with E-state index in [1.807, 2.05) is 19.1 Å². The van der Waals surface area contributed by atoms with E-state index >= 15 is 0 Å². The number of aryl methyl sites for hydroxylation is 1. The number of anilines is 2. The van der Waals surface area contributed by atoms with Crippen molar-refractivity contribution in [2.75, 3.05) is 17.7 Å². The first-order valence-electron chi connectivity index (χ1n) is 7.57. The zero-order chi connectivity index (χ0) is 15.0. The molecule has 3 rings (SSSR count). The van der Waals surface area contributed by atoms with Gasteiger partial charge in [0, 0.05) is 0 Å². The average Bonchev–Trinajstić information content (AvgIpc) is 2.78. The smallest absolute Gasteiger partial charge is 0.0907 e. The number of nitrogens with two attached hydrogens (primary N) is 1. The molecule has 0 bridgehead atoms. The largest absolute Gasteiger partial charge is 0.397 e. The molecule has 0 aliphatic heterocycles. The van der Waals surface area contributed by atoms with Crippen LogP contribution in [0.3, 0.4) is 0 Å². The van der Waals surface area contributed by atoms with Crippen LogP contribution in [-0.2, 0) is 0 Å². The van der Waals surface area contributed by atoms with Gasteiger partial charge in [-0.1, -0.05) is 19.8 Å². The van der Waals surface area contributed by atoms with Gasteiger partial charge in [-0.25, -0.2) is 4.98 Å². The number of benzene rings is 1. The summed E-state index contributed by atoms with van der Waals surface area (Å²) in [4.78, 5) is 4.53. The minimum Gasteiger partial charge on any atom is -0.397 e. The molecule has 0 spiro atoms. The molecule has 2 unspecified atom stereocenters. The molecule has 4 N–H and O–H groups in total. The SMILES string of the molecule is Cc1nc2cc(NC3(CO)CCCC(C)C3)c(N)cc2s1. The van der Waals surface area contributed by atoms with Crippen molar-refractivity contribution >= 4 is 32.9 Å². The Morgan fingerprint density at radius 1 is 1.52 bits per heavy atom. The Labute approximate surface area is 129 Å². The lowest BCUT2D eigenvalue weighted by atomic mass is 9.76. The van der Waals surface area contributed by atoms with E-state index in [1.54, 1.807) is 11.3 Å². The highest BCUT2D eigenvalue weighted by Gasteiger charge is 2.34. The summed E-state index contributed by atoms with van der Waals surface area (Å²) in [6.45, 7) is 4.40. The molecule has 21 heavy (non-hydrogen) atoms. The van der Waals surface area contributed by atoms with Crippen LogP contribution < -0.4 is 11.1 Å². The Kier molecular flexibility index (Phi) is 3.80. The van der Waals surface area contributed by atoms with Gasteiger partial charge in [0.1, 0.15) is 0 Å². The summed E-state index contributed by atoms with van der Waals surface area (Å²) in [6, 6.07) is 4.00. The summed E-state index contributed by atoms with van der Waals surface area (Å²) in [5.74, 6) is 0.630. The van der Waals surface area contributed by atoms with Crippen LogP contribution in [0.5, 0.6) is 0 Å². The highest BCUT2D eigenvalue weighted by molar-refractivity contribution is 7.18. The molecule has 0 saturated heterocycles. The topological polar surface area (TPSA) is 71.2 Å². The number of thiazole rings is 1. The summed E-state index contributed by atoms with van der Waals surface area (Å²) in [5.41, 5.74) is 8.56. The molecule has 5 heteroatoms. The van der Waals surface area contributed by atoms with Gasteiger partial charge in [-0.15, -0.1) is 11.3 Å². The zero-order valence-electron chi connectivity index (χ0n) is 12.6. The van der Waals surface area contributed by atoms with Crippen LogP contribution in [0.1, 0.15) is 37.6 Å². The molecule has 0 radical (unpaired) electrons. The third kappa shape index (κ3) is 2.85. The van der Waals surface area contributed by atoms with Crippen LogP contribution in [0.4, 0.5) is 11.4 Å². The zero-order valence-corrected chi connectivity index (χ0v) is 13.5. The number of fused-ring (bicyclic) bond motifs is 1. The van der Waals surface area contributed by atoms with Gasteiger partial charge >= 0.3 is 0 Å². The second kappa shape index (κ2) is 5.46. The van der Waals surface area contributed by atoms with E-state index in [0.717, 1.165) is 45.9 Å². The van der Waals surface area contributed by atoms with E-state index in [9.17, 15) is 5.11 Å². The van der Waals surface area contributed by atoms with Crippen LogP contribution in [0.15, 0.2) is 12.1 Å². The Balaban J connectivity index is 1.93. The van der Waals surface area contributed by atoms with E-state index in [2.05, 4.69) is 17.2 Å². The lowest BCUT2D eigenvalue weighted by Gasteiger charge is -2.40. The Morgan fingerprint density at radius 2 is 2.33 bits per heavy atom. The highest BCUT2D eigenvalue weighted by Crippen LogP contribution is 2.37. The van der Waals surface area contributed by atoms with E-state index in [1.165, 1.54) is 6.42 Å². The summed E-state index contributed by atoms with van der Waals surface area (Å²) in [6.07, 6.45) is 4.36. The molecule has 1 saturated carbocycles. The van der Waals surface area contributed by atoms with Crippen molar-refractivity contribution in [3.05, 3.63) is 17.1 Å². The fraction of sp³-hybridized carbons (Fsp3) is 0.562. The number of hydrogen-bond acceptors (Lipinski definition) is 5. The van der Waals surface area contributed by atoms with Gasteiger partial charge in [0.25, 0.3) is 0 Å². The lowest BCUT2D eigenvalue weighted by Crippen LogP contribution is -2.46. The molecule has 1 fully saturated rings. The Bertz CT molecular complexity index is 654. The van der Waals surface area contributed by atoms with Crippen molar-refractivity contribution < 1.29 is 5.11 Å². The summed E-state index contributed by atoms with van der Waals surface area (Å²) >= 11 is 1.66. The van der Waals surface area contributed by atoms with Gasteiger partial charge < -0.3 is 16.2 Å². The van der Waals surface area contributed by atoms with Crippen molar-refractivity contribution in [3.8, 4) is 0 Å². The quantitative estimate of drug-likeness (QED) is 0.759. The highest BCUT2D eigenvalue weighted by atomic mass is 32.1. The van der Waals surface area contributed by atoms with Gasteiger partial charge in [-0.2, -0.15) is 0 Å². The van der Waals surface area contributed by atoms with Crippen LogP contribution in [0.2, 0.25) is 0 Å². The molecule has 1 aromatic heterocycles. The van der Waals surface area contributed by atoms with Crippen molar-refractivity contribution in [1.29, 1.82) is 0 Å². The van der Waals surface area contributed by atoms with Crippen molar-refractivity contribution in [3.63, 3.8) is 0 Å². The van der Waals surface area contributed by atoms with E-state index in [-0.39, 0.29) is 12.1 Å². The van der Waals surface area contributed by atoms with Gasteiger partial charge in [-0.3, -0.25) is 0 Å². The van der Waals surface area contributed by atoms with Crippen LogP contribution in [-0.4, -0.2) is 22.2 Å². The molecule has 1 aliphatic rings. The van der Waals surface area contributed by atoms with Crippen LogP contribution in [0, 0.1) is 12.8 Å². The first-order valence-corrected chi connectivity index (χ1v) is 8.39. The molecule has 1 aliphatic carbocycles. The maximum Gasteiger partial charge on any atom is 0.0907 e. The van der Waals surface area contributed by atoms with E-state index in [4.69, 9.17) is 5.73 Å². The molecule has 0 amide bonds. The number of hydrogen-bond donors (Lipinski definition) is 3. The van der Waals surface area contributed by atoms with Gasteiger partial charge in [0.05, 0.1) is 38.7 Å². The maximum atomic E-state index is 9.91. The molecule has 1 heterocycles. The monoisotopic (exact) mass is 305 g/mol. The van der Waals surface area contributed by atoms with Crippen LogP contribution in [0.25, 0.3) is 10.2 Å². The minimum absolute atomic E-state index is 0.144. The molecular weight excluding hydrogens is 282 g/mol. The number of rotatable bonds is 3. The molecule has 1 aromatic carbocycles. The van der Waals surface area contributed by atoms with E-state index in [0.29, 0.717) is 5.92 Å². The number of nitrogen functional groups attached to an aromatic ring is 1. The third-order valence-electron chi connectivity index (χ3n) is 4.46. The second-order valence-corrected chi connectivity index (χ2v) is 7.64. The minimum atomic E-state index is -0.246. The number of aliphatic hydroxyl groups excluding tert-OH is 1. The number of aromatic nitrogens is 1. The molecule has 2 atom stereocenters. The molecule has 4 nitrogen and oxygen atoms in total. The van der Waals surface area contributed by atoms with Crippen LogP contribution >= 0.6 is 11.3 Å². The number of nitrogens with zero attached hydrogens (tertiary/aromatic N) is 1. The predicted octanol–water partition coefficient (Wildman–Crippen LogP) is 3.54. The fourth-order valence-electron chi connectivity index (χ4n) is 3.46. The van der Waals surface area contributed by atoms with Crippen molar-refractivity contribution in [1.82, 2.24) is 4.98 Å². The van der Waals surface area contributed by atoms with Gasteiger partial charge in [0.2, 0.25) is 0 Å². The molecular formula is C16H23N3OS. The van der Waals surface area contributed by atoms with E-state index < -0.39 is 0 Å². The lowest BCUT2D eigenvalue weighted by molar-refractivity contribution is 0.149. The first kappa shape index (κ1) is 14.6. The second-order valence-electron chi connectivity index (χ2n) is 6.41. The number of aliphatic hydroxyl groups is 1. The van der Waals surface area contributed by atoms with Gasteiger partial charge in [0.15, 0.2) is 0 Å². The maximum absolute atomic E-state index is 9.91. The summed E-state index contributed by atoms with van der Waals surface area (Å²) < 4.78 is 1.12.